The predicted molar refractivity (Wildman–Crippen MR) is 92.0 cm³/mol. The van der Waals surface area contributed by atoms with Gasteiger partial charge in [-0.1, -0.05) is 18.2 Å². The molecule has 1 aromatic rings. The second kappa shape index (κ2) is 6.59. The first-order chi connectivity index (χ1) is 11.8. The molecule has 8 heteroatoms. The van der Waals surface area contributed by atoms with E-state index in [1.165, 1.54) is 23.8 Å². The van der Waals surface area contributed by atoms with Crippen molar-refractivity contribution < 1.29 is 23.9 Å². The fourth-order valence-corrected chi connectivity index (χ4v) is 4.74. The maximum Gasteiger partial charge on any atom is 0.330 e. The summed E-state index contributed by atoms with van der Waals surface area (Å²) in [6, 6.07) is 7.68. The van der Waals surface area contributed by atoms with Gasteiger partial charge in [-0.25, -0.2) is 4.79 Å². The highest BCUT2D eigenvalue weighted by Gasteiger charge is 2.64. The van der Waals surface area contributed by atoms with Gasteiger partial charge in [-0.15, -0.1) is 11.8 Å². The number of ether oxygens (including phenoxy) is 2. The van der Waals surface area contributed by atoms with E-state index in [0.717, 1.165) is 0 Å². The third-order valence-corrected chi connectivity index (χ3v) is 5.87. The van der Waals surface area contributed by atoms with E-state index in [1.807, 2.05) is 32.0 Å². The average Bonchev–Trinajstić information content (AvgIpc) is 2.86. The Hall–Kier alpha value is -2.22. The molecule has 2 fully saturated rings. The minimum Gasteiger partial charge on any atom is -0.484 e. The van der Waals surface area contributed by atoms with Crippen molar-refractivity contribution >= 4 is 29.5 Å². The van der Waals surface area contributed by atoms with Crippen LogP contribution in [-0.4, -0.2) is 58.6 Å². The molecular weight excluding hydrogens is 344 g/mol. The predicted octanol–water partition coefficient (Wildman–Crippen LogP) is 0.786. The Morgan fingerprint density at radius 3 is 2.60 bits per heavy atom. The van der Waals surface area contributed by atoms with Crippen LogP contribution in [0.5, 0.6) is 5.75 Å². The highest BCUT2D eigenvalue weighted by Crippen LogP contribution is 2.50. The number of esters is 1. The molecular formula is C17H20N2O5S. The summed E-state index contributed by atoms with van der Waals surface area (Å²) in [5, 5.41) is 2.42. The monoisotopic (exact) mass is 364 g/mol. The lowest BCUT2D eigenvalue weighted by Crippen LogP contribution is -2.71. The van der Waals surface area contributed by atoms with Gasteiger partial charge in [-0.3, -0.25) is 9.59 Å². The molecule has 3 rings (SSSR count). The lowest BCUT2D eigenvalue weighted by Gasteiger charge is -2.43. The molecule has 7 nitrogen and oxygen atoms in total. The van der Waals surface area contributed by atoms with Crippen LogP contribution in [0, 0.1) is 0 Å². The number of para-hydroxylation sites is 1. The van der Waals surface area contributed by atoms with Crippen LogP contribution in [0.25, 0.3) is 0 Å². The van der Waals surface area contributed by atoms with Gasteiger partial charge in [0.15, 0.2) is 6.61 Å². The Morgan fingerprint density at radius 1 is 1.28 bits per heavy atom. The van der Waals surface area contributed by atoms with E-state index in [-0.39, 0.29) is 23.8 Å². The summed E-state index contributed by atoms with van der Waals surface area (Å²) in [6.45, 7) is 3.61. The Balaban J connectivity index is 1.59. The van der Waals surface area contributed by atoms with Crippen LogP contribution in [0.2, 0.25) is 0 Å². The van der Waals surface area contributed by atoms with Gasteiger partial charge >= 0.3 is 5.97 Å². The van der Waals surface area contributed by atoms with Gasteiger partial charge in [0.2, 0.25) is 5.91 Å². The van der Waals surface area contributed by atoms with Crippen molar-refractivity contribution in [1.29, 1.82) is 0 Å². The van der Waals surface area contributed by atoms with E-state index in [1.54, 1.807) is 12.1 Å². The molecule has 1 unspecified atom stereocenters. The van der Waals surface area contributed by atoms with E-state index < -0.39 is 22.8 Å². The quantitative estimate of drug-likeness (QED) is 0.614. The largest absolute Gasteiger partial charge is 0.484 e. The Bertz CT molecular complexity index is 694. The summed E-state index contributed by atoms with van der Waals surface area (Å²) in [6.07, 6.45) is 0. The number of benzene rings is 1. The number of fused-ring (bicyclic) bond motifs is 1. The van der Waals surface area contributed by atoms with Crippen LogP contribution in [0.4, 0.5) is 0 Å². The Kier molecular flexibility index (Phi) is 4.64. The number of amides is 2. The van der Waals surface area contributed by atoms with Crippen LogP contribution >= 0.6 is 11.8 Å². The third kappa shape index (κ3) is 3.18. The highest BCUT2D eigenvalue weighted by molar-refractivity contribution is 8.01. The molecule has 0 spiro atoms. The van der Waals surface area contributed by atoms with Gasteiger partial charge in [-0.05, 0) is 26.0 Å². The second-order valence-electron chi connectivity index (χ2n) is 6.43. The van der Waals surface area contributed by atoms with Crippen LogP contribution in [0.15, 0.2) is 30.3 Å². The smallest absolute Gasteiger partial charge is 0.330 e. The van der Waals surface area contributed by atoms with Crippen LogP contribution < -0.4 is 10.1 Å². The van der Waals surface area contributed by atoms with Crippen molar-refractivity contribution in [3.63, 3.8) is 0 Å². The van der Waals surface area contributed by atoms with Crippen LogP contribution in [0.3, 0.4) is 0 Å². The van der Waals surface area contributed by atoms with Gasteiger partial charge < -0.3 is 19.7 Å². The number of nitrogens with zero attached hydrogens (tertiary/aromatic N) is 1. The zero-order valence-corrected chi connectivity index (χ0v) is 15.0. The van der Waals surface area contributed by atoms with Crippen molar-refractivity contribution in [2.24, 2.45) is 0 Å². The SMILES string of the molecule is COC(=O)[C@@H]1N2C(=O)C(NC(=O)COc3ccccc3)[C@H]2SC1(C)C. The van der Waals surface area contributed by atoms with Crippen molar-refractivity contribution in [3.05, 3.63) is 30.3 Å². The normalized spacial score (nSPS) is 26.4. The summed E-state index contributed by atoms with van der Waals surface area (Å²) in [5.41, 5.74) is 0. The van der Waals surface area contributed by atoms with Crippen LogP contribution in [0.1, 0.15) is 13.8 Å². The molecule has 1 aromatic carbocycles. The molecule has 134 valence electrons. The molecule has 0 aliphatic carbocycles. The summed E-state index contributed by atoms with van der Waals surface area (Å²) < 4.78 is 9.73. The van der Waals surface area contributed by atoms with E-state index in [0.29, 0.717) is 5.75 Å². The molecule has 0 saturated carbocycles. The van der Waals surface area contributed by atoms with Crippen molar-refractivity contribution in [3.8, 4) is 5.75 Å². The molecule has 2 aliphatic heterocycles. The number of carbonyl (C=O) groups excluding carboxylic acids is 3. The molecule has 0 aromatic heterocycles. The Labute approximate surface area is 150 Å². The molecule has 2 aliphatic rings. The average molecular weight is 364 g/mol. The minimum atomic E-state index is -0.647. The number of β-lactam (4-membered cyclic amide) rings is 1. The zero-order valence-electron chi connectivity index (χ0n) is 14.2. The maximum atomic E-state index is 12.4. The first kappa shape index (κ1) is 17.6. The molecule has 2 amide bonds. The lowest BCUT2D eigenvalue weighted by atomic mass is 9.96. The number of hydrogen-bond donors (Lipinski definition) is 1. The van der Waals surface area contributed by atoms with Gasteiger partial charge in [0.05, 0.1) is 7.11 Å². The molecule has 2 heterocycles. The van der Waals surface area contributed by atoms with Crippen LogP contribution in [-0.2, 0) is 19.1 Å². The lowest BCUT2D eigenvalue weighted by molar-refractivity contribution is -0.162. The van der Waals surface area contributed by atoms with E-state index >= 15 is 0 Å². The van der Waals surface area contributed by atoms with Crippen molar-refractivity contribution in [2.75, 3.05) is 13.7 Å². The topological polar surface area (TPSA) is 84.9 Å². The molecule has 25 heavy (non-hydrogen) atoms. The summed E-state index contributed by atoms with van der Waals surface area (Å²) in [5.74, 6) is -0.500. The second-order valence-corrected chi connectivity index (χ2v) is 8.20. The molecule has 0 bridgehead atoms. The fourth-order valence-electron chi connectivity index (χ4n) is 3.12. The van der Waals surface area contributed by atoms with Gasteiger partial charge in [-0.2, -0.15) is 0 Å². The van der Waals surface area contributed by atoms with E-state index in [4.69, 9.17) is 9.47 Å². The number of hydrogen-bond acceptors (Lipinski definition) is 6. The summed E-state index contributed by atoms with van der Waals surface area (Å²) in [4.78, 5) is 38.0. The first-order valence-electron chi connectivity index (χ1n) is 7.90. The number of carbonyl (C=O) groups is 3. The first-order valence-corrected chi connectivity index (χ1v) is 8.78. The third-order valence-electron chi connectivity index (χ3n) is 4.30. The van der Waals surface area contributed by atoms with E-state index in [2.05, 4.69) is 5.32 Å². The van der Waals surface area contributed by atoms with Crippen molar-refractivity contribution in [2.45, 2.75) is 36.1 Å². The van der Waals surface area contributed by atoms with Gasteiger partial charge in [0.25, 0.3) is 5.91 Å². The summed E-state index contributed by atoms with van der Waals surface area (Å²) >= 11 is 1.49. The highest BCUT2D eigenvalue weighted by atomic mass is 32.2. The standard InChI is InChI=1S/C17H20N2O5S/c1-17(2)13(16(22)23-3)19-14(21)12(15(19)25-17)18-11(20)9-24-10-7-5-4-6-8-10/h4-8,12-13,15H,9H2,1-3H3,(H,18,20)/t12?,13-,15+/m0/s1. The van der Waals surface area contributed by atoms with Gasteiger partial charge in [0, 0.05) is 4.75 Å². The van der Waals surface area contributed by atoms with Crippen molar-refractivity contribution in [1.82, 2.24) is 10.2 Å². The minimum absolute atomic E-state index is 0.172. The molecule has 2 saturated heterocycles. The summed E-state index contributed by atoms with van der Waals surface area (Å²) in [7, 11) is 1.31. The molecule has 0 radical (unpaired) electrons. The Morgan fingerprint density at radius 2 is 1.96 bits per heavy atom. The fraction of sp³-hybridized carbons (Fsp3) is 0.471. The van der Waals surface area contributed by atoms with Gasteiger partial charge in [0.1, 0.15) is 23.2 Å². The zero-order chi connectivity index (χ0) is 18.2. The van der Waals surface area contributed by atoms with E-state index in [9.17, 15) is 14.4 Å². The molecule has 1 N–H and O–H groups in total. The maximum absolute atomic E-state index is 12.4. The number of methoxy groups -OCH3 is 1. The molecule has 3 atom stereocenters. The number of thioether (sulfide) groups is 1. The number of nitrogens with one attached hydrogen (secondary N) is 1. The number of rotatable bonds is 5.